The molecule has 1 nitrogen and oxygen atoms in total. The van der Waals surface area contributed by atoms with Crippen molar-refractivity contribution in [2.24, 2.45) is 17.8 Å². The van der Waals surface area contributed by atoms with Gasteiger partial charge in [-0.2, -0.15) is 5.26 Å². The third-order valence-electron chi connectivity index (χ3n) is 6.97. The van der Waals surface area contributed by atoms with Crippen LogP contribution in [0.2, 0.25) is 0 Å². The van der Waals surface area contributed by atoms with Gasteiger partial charge >= 0.3 is 0 Å². The second-order valence-electron chi connectivity index (χ2n) is 8.62. The quantitative estimate of drug-likeness (QED) is 0.499. The van der Waals surface area contributed by atoms with Gasteiger partial charge in [0.05, 0.1) is 6.07 Å². The van der Waals surface area contributed by atoms with E-state index in [-0.39, 0.29) is 0 Å². The highest BCUT2D eigenvalue weighted by Gasteiger charge is 2.30. The molecule has 26 heavy (non-hydrogen) atoms. The number of allylic oxidation sites excluding steroid dienone is 2. The van der Waals surface area contributed by atoms with E-state index in [1.165, 1.54) is 76.2 Å². The first-order valence-corrected chi connectivity index (χ1v) is 10.9. The highest BCUT2D eigenvalue weighted by atomic mass is 14.4. The molecular weight excluding hydrogens is 314 g/mol. The summed E-state index contributed by atoms with van der Waals surface area (Å²) in [5, 5.41) is 8.69. The van der Waals surface area contributed by atoms with Crippen molar-refractivity contribution in [3.63, 3.8) is 0 Å². The SMILES string of the molecule is CCCCc1ccc([C@H]2CC[C@H](C3CCC(/C=C/C#N)CC3)CC2)cc1. The van der Waals surface area contributed by atoms with Gasteiger partial charge in [0, 0.05) is 6.08 Å². The van der Waals surface area contributed by atoms with E-state index in [4.69, 9.17) is 5.26 Å². The standard InChI is InChI=1S/C25H35N/c1-2-3-5-20-7-11-22(12-8-20)24-15-17-25(18-16-24)23-13-9-21(10-14-23)6-4-19-26/h4,6-8,11-12,21,23-25H,2-3,5,9-10,13-18H2,1H3/b6-4+/t21?,23?,24-,25-. The van der Waals surface area contributed by atoms with Gasteiger partial charge in [0.15, 0.2) is 0 Å². The molecule has 0 spiro atoms. The Hall–Kier alpha value is -1.55. The van der Waals surface area contributed by atoms with Crippen LogP contribution in [0.15, 0.2) is 36.4 Å². The Morgan fingerprint density at radius 3 is 2.12 bits per heavy atom. The highest BCUT2D eigenvalue weighted by Crippen LogP contribution is 2.44. The molecule has 0 aromatic heterocycles. The van der Waals surface area contributed by atoms with Gasteiger partial charge in [0.1, 0.15) is 0 Å². The predicted molar refractivity (Wildman–Crippen MR) is 110 cm³/mol. The van der Waals surface area contributed by atoms with E-state index in [1.54, 1.807) is 11.6 Å². The summed E-state index contributed by atoms with van der Waals surface area (Å²) in [6.45, 7) is 2.27. The molecule has 1 aromatic rings. The van der Waals surface area contributed by atoms with Crippen LogP contribution in [0, 0.1) is 29.1 Å². The van der Waals surface area contributed by atoms with Crippen molar-refractivity contribution in [1.29, 1.82) is 5.26 Å². The lowest BCUT2D eigenvalue weighted by Crippen LogP contribution is -2.25. The van der Waals surface area contributed by atoms with Crippen molar-refractivity contribution in [2.75, 3.05) is 0 Å². The third-order valence-corrected chi connectivity index (χ3v) is 6.97. The van der Waals surface area contributed by atoms with Crippen molar-refractivity contribution >= 4 is 0 Å². The molecule has 0 N–H and O–H groups in total. The molecule has 140 valence electrons. The van der Waals surface area contributed by atoms with Crippen molar-refractivity contribution in [1.82, 2.24) is 0 Å². The van der Waals surface area contributed by atoms with Crippen LogP contribution in [0.25, 0.3) is 0 Å². The number of benzene rings is 1. The molecule has 2 aliphatic rings. The van der Waals surface area contributed by atoms with Crippen LogP contribution < -0.4 is 0 Å². The zero-order valence-electron chi connectivity index (χ0n) is 16.5. The van der Waals surface area contributed by atoms with Gasteiger partial charge in [0.25, 0.3) is 0 Å². The number of aryl methyl sites for hydroxylation is 1. The van der Waals surface area contributed by atoms with Crippen LogP contribution in [-0.4, -0.2) is 0 Å². The summed E-state index contributed by atoms with van der Waals surface area (Å²) in [5.41, 5.74) is 3.08. The molecule has 0 amide bonds. The Kier molecular flexibility index (Phi) is 7.36. The number of hydrogen-bond acceptors (Lipinski definition) is 1. The molecule has 0 unspecified atom stereocenters. The number of rotatable bonds is 6. The first kappa shape index (κ1) is 19.2. The lowest BCUT2D eigenvalue weighted by atomic mass is 9.68. The highest BCUT2D eigenvalue weighted by molar-refractivity contribution is 5.26. The van der Waals surface area contributed by atoms with Crippen LogP contribution in [0.4, 0.5) is 0 Å². The van der Waals surface area contributed by atoms with Gasteiger partial charge in [-0.05, 0) is 99.0 Å². The first-order chi connectivity index (χ1) is 12.8. The number of unbranched alkanes of at least 4 members (excludes halogenated alkanes) is 1. The molecule has 0 aliphatic heterocycles. The maximum absolute atomic E-state index is 8.69. The van der Waals surface area contributed by atoms with Crippen LogP contribution in [0.1, 0.15) is 88.2 Å². The monoisotopic (exact) mass is 349 g/mol. The average molecular weight is 350 g/mol. The zero-order valence-corrected chi connectivity index (χ0v) is 16.5. The lowest BCUT2D eigenvalue weighted by Gasteiger charge is -2.37. The van der Waals surface area contributed by atoms with E-state index in [0.29, 0.717) is 5.92 Å². The van der Waals surface area contributed by atoms with E-state index in [0.717, 1.165) is 17.8 Å². The number of hydrogen-bond donors (Lipinski definition) is 0. The minimum atomic E-state index is 0.661. The Bertz CT molecular complexity index is 590. The second-order valence-corrected chi connectivity index (χ2v) is 8.62. The maximum Gasteiger partial charge on any atom is 0.0908 e. The molecule has 0 bridgehead atoms. The Morgan fingerprint density at radius 1 is 0.923 bits per heavy atom. The predicted octanol–water partition coefficient (Wildman–Crippen LogP) is 7.19. The summed E-state index contributed by atoms with van der Waals surface area (Å²) in [5.74, 6) is 3.35. The summed E-state index contributed by atoms with van der Waals surface area (Å²) >= 11 is 0. The fraction of sp³-hybridized carbons (Fsp3) is 0.640. The molecule has 3 rings (SSSR count). The minimum Gasteiger partial charge on any atom is -0.193 e. The van der Waals surface area contributed by atoms with Gasteiger partial charge in [-0.1, -0.05) is 43.7 Å². The minimum absolute atomic E-state index is 0.661. The fourth-order valence-corrected chi connectivity index (χ4v) is 5.25. The number of nitriles is 1. The van der Waals surface area contributed by atoms with Gasteiger partial charge < -0.3 is 0 Å². The molecule has 2 aliphatic carbocycles. The summed E-state index contributed by atoms with van der Waals surface area (Å²) in [4.78, 5) is 0. The maximum atomic E-state index is 8.69. The van der Waals surface area contributed by atoms with Gasteiger partial charge in [0.2, 0.25) is 0 Å². The summed E-state index contributed by atoms with van der Waals surface area (Å²) in [6, 6.07) is 11.7. The Morgan fingerprint density at radius 2 is 1.54 bits per heavy atom. The third kappa shape index (κ3) is 5.23. The molecule has 0 radical (unpaired) electrons. The largest absolute Gasteiger partial charge is 0.193 e. The van der Waals surface area contributed by atoms with Crippen molar-refractivity contribution in [2.45, 2.75) is 83.5 Å². The summed E-state index contributed by atoms with van der Waals surface area (Å²) in [6.07, 6.45) is 18.6. The van der Waals surface area contributed by atoms with E-state index in [9.17, 15) is 0 Å². The normalized spacial score (nSPS) is 29.5. The number of nitrogens with zero attached hydrogens (tertiary/aromatic N) is 1. The molecular formula is C25H35N. The molecule has 1 heteroatoms. The van der Waals surface area contributed by atoms with E-state index in [2.05, 4.69) is 43.3 Å². The zero-order chi connectivity index (χ0) is 18.2. The van der Waals surface area contributed by atoms with Crippen LogP contribution in [0.5, 0.6) is 0 Å². The lowest BCUT2D eigenvalue weighted by molar-refractivity contribution is 0.171. The first-order valence-electron chi connectivity index (χ1n) is 10.9. The van der Waals surface area contributed by atoms with Crippen LogP contribution in [-0.2, 0) is 6.42 Å². The Balaban J connectivity index is 1.44. The van der Waals surface area contributed by atoms with Crippen molar-refractivity contribution in [3.8, 4) is 6.07 Å². The van der Waals surface area contributed by atoms with Crippen molar-refractivity contribution in [3.05, 3.63) is 47.5 Å². The van der Waals surface area contributed by atoms with Crippen LogP contribution >= 0.6 is 0 Å². The topological polar surface area (TPSA) is 23.8 Å². The molecule has 0 saturated heterocycles. The average Bonchev–Trinajstić information content (AvgIpc) is 2.72. The second kappa shape index (κ2) is 9.96. The van der Waals surface area contributed by atoms with E-state index in [1.807, 2.05) is 0 Å². The Labute approximate surface area is 160 Å². The smallest absolute Gasteiger partial charge is 0.0908 e. The molecule has 0 atom stereocenters. The van der Waals surface area contributed by atoms with Crippen LogP contribution in [0.3, 0.4) is 0 Å². The fourth-order valence-electron chi connectivity index (χ4n) is 5.25. The van der Waals surface area contributed by atoms with E-state index >= 15 is 0 Å². The summed E-state index contributed by atoms with van der Waals surface area (Å²) in [7, 11) is 0. The summed E-state index contributed by atoms with van der Waals surface area (Å²) < 4.78 is 0. The molecule has 0 heterocycles. The molecule has 2 fully saturated rings. The van der Waals surface area contributed by atoms with Gasteiger partial charge in [-0.25, -0.2) is 0 Å². The van der Waals surface area contributed by atoms with Crippen molar-refractivity contribution < 1.29 is 0 Å². The molecule has 2 saturated carbocycles. The van der Waals surface area contributed by atoms with Gasteiger partial charge in [-0.15, -0.1) is 0 Å². The van der Waals surface area contributed by atoms with E-state index < -0.39 is 0 Å². The molecule has 1 aromatic carbocycles. The van der Waals surface area contributed by atoms with Gasteiger partial charge in [-0.3, -0.25) is 0 Å².